The number of carboxylic acid groups (broad SMARTS) is 1. The number of rotatable bonds is 20. The third-order valence-corrected chi connectivity index (χ3v) is 13.3. The number of methoxy groups -OCH3 is 2. The van der Waals surface area contributed by atoms with Crippen molar-refractivity contribution in [2.75, 3.05) is 49.0 Å². The standard InChI is InChI=1S/C55H55N7O12/c1-71-45-23-40-34(15-16-38-20-35-9-3-5-11-43(35)61(38)54(40)69)22-47(45)73-30-32-17-33(19-37(18-32)60-52(66)29-59-51(65)28-58-50(64)27-57-49(63)13-7-8-14-53(67)68)31-74-48-25-42-41(24-46(48)72-2)55(70)62-39(26-56-42)21-36-10-4-6-12-44(36)62/h3-6,9-12,17-19,22-26,38-39H,7-8,13-16,20-21,27-31H2,1-2H3,(H,57,63)(H,58,64)(H,59,65)(H,60,66)(H,67,68)/t38-,39+/m1/s1. The fourth-order valence-corrected chi connectivity index (χ4v) is 9.73. The van der Waals surface area contributed by atoms with Crippen molar-refractivity contribution in [3.63, 3.8) is 0 Å². The Labute approximate surface area is 426 Å². The smallest absolute Gasteiger partial charge is 0.303 e. The second-order valence-electron chi connectivity index (χ2n) is 18.3. The quantitative estimate of drug-likeness (QED) is 0.0599. The van der Waals surface area contributed by atoms with E-state index in [-0.39, 0.29) is 56.5 Å². The number of anilines is 3. The lowest BCUT2D eigenvalue weighted by molar-refractivity contribution is -0.137. The van der Waals surface area contributed by atoms with E-state index in [2.05, 4.69) is 27.3 Å². The summed E-state index contributed by atoms with van der Waals surface area (Å²) in [5.41, 5.74) is 7.72. The summed E-state index contributed by atoms with van der Waals surface area (Å²) in [5, 5.41) is 18.8. The maximum atomic E-state index is 14.1. The Morgan fingerprint density at radius 2 is 1.19 bits per heavy atom. The first kappa shape index (κ1) is 50.2. The van der Waals surface area contributed by atoms with Crippen LogP contribution in [0.3, 0.4) is 0 Å². The highest BCUT2D eigenvalue weighted by atomic mass is 16.5. The van der Waals surface area contributed by atoms with Gasteiger partial charge in [0.05, 0.1) is 51.1 Å². The number of nitrogens with one attached hydrogen (secondary N) is 4. The van der Waals surface area contributed by atoms with Crippen LogP contribution in [0, 0.1) is 0 Å². The van der Waals surface area contributed by atoms with Crippen molar-refractivity contribution in [3.05, 3.63) is 130 Å². The molecule has 0 unspecified atom stereocenters. The largest absolute Gasteiger partial charge is 0.493 e. The van der Waals surface area contributed by atoms with Crippen molar-refractivity contribution in [2.45, 2.75) is 76.7 Å². The number of aliphatic carboxylic acids is 1. The Morgan fingerprint density at radius 3 is 1.85 bits per heavy atom. The number of carbonyl (C=O) groups excluding carboxylic acids is 6. The zero-order chi connectivity index (χ0) is 51.9. The number of amides is 6. The SMILES string of the molecule is COc1cc2c(cc1OCc1cc(COc3cc4c(cc3OC)C(=O)N3c5ccccc5C[C@H]3C=N4)cc(NC(=O)CNC(=O)CNC(=O)CNC(=O)CCCCC(=O)O)c1)CC[C@@H]1Cc3ccccc3N1C2=O. The monoisotopic (exact) mass is 1010 g/mol. The van der Waals surface area contributed by atoms with Crippen molar-refractivity contribution in [3.8, 4) is 23.0 Å². The fourth-order valence-electron chi connectivity index (χ4n) is 9.73. The van der Waals surface area contributed by atoms with Gasteiger partial charge in [0.15, 0.2) is 23.0 Å². The number of ether oxygens (including phenoxy) is 4. The average Bonchev–Trinajstić information content (AvgIpc) is 3.89. The van der Waals surface area contributed by atoms with E-state index in [4.69, 9.17) is 29.0 Å². The van der Waals surface area contributed by atoms with Crippen LogP contribution in [0.1, 0.15) is 80.6 Å². The number of carboxylic acids is 1. The molecule has 0 radical (unpaired) electrons. The second kappa shape index (κ2) is 22.4. The molecule has 5 aromatic carbocycles. The first-order valence-corrected chi connectivity index (χ1v) is 24.4. The number of para-hydroxylation sites is 2. The van der Waals surface area contributed by atoms with Crippen LogP contribution in [0.15, 0.2) is 96.0 Å². The van der Waals surface area contributed by atoms with Crippen molar-refractivity contribution in [2.24, 2.45) is 4.99 Å². The summed E-state index contributed by atoms with van der Waals surface area (Å²) in [6.45, 7) is -1.31. The molecule has 4 heterocycles. The van der Waals surface area contributed by atoms with E-state index in [0.717, 1.165) is 40.9 Å². The molecule has 0 fully saturated rings. The molecule has 9 rings (SSSR count). The van der Waals surface area contributed by atoms with Crippen molar-refractivity contribution in [1.29, 1.82) is 0 Å². The summed E-state index contributed by atoms with van der Waals surface area (Å²) in [4.78, 5) is 97.4. The second-order valence-corrected chi connectivity index (χ2v) is 18.3. The van der Waals surface area contributed by atoms with Gasteiger partial charge in [0.25, 0.3) is 11.8 Å². The van der Waals surface area contributed by atoms with Gasteiger partial charge in [-0.05, 0) is 108 Å². The molecular formula is C55H55N7O12. The number of fused-ring (bicyclic) bond motifs is 8. The lowest BCUT2D eigenvalue weighted by Crippen LogP contribution is -2.43. The summed E-state index contributed by atoms with van der Waals surface area (Å²) in [6.07, 6.45) is 5.29. The van der Waals surface area contributed by atoms with Crippen LogP contribution in [0.2, 0.25) is 0 Å². The minimum Gasteiger partial charge on any atom is -0.493 e. The van der Waals surface area contributed by atoms with Gasteiger partial charge in [-0.1, -0.05) is 36.4 Å². The molecule has 0 spiro atoms. The van der Waals surface area contributed by atoms with Crippen LogP contribution in [-0.4, -0.2) is 98.7 Å². The van der Waals surface area contributed by atoms with E-state index >= 15 is 0 Å². The molecule has 0 aliphatic carbocycles. The Kier molecular flexibility index (Phi) is 15.2. The molecule has 2 atom stereocenters. The highest BCUT2D eigenvalue weighted by Gasteiger charge is 2.39. The van der Waals surface area contributed by atoms with Crippen LogP contribution < -0.4 is 50.0 Å². The van der Waals surface area contributed by atoms with Gasteiger partial charge in [-0.3, -0.25) is 43.5 Å². The lowest BCUT2D eigenvalue weighted by Gasteiger charge is -2.23. The highest BCUT2D eigenvalue weighted by Crippen LogP contribution is 2.43. The summed E-state index contributed by atoms with van der Waals surface area (Å²) >= 11 is 0. The third kappa shape index (κ3) is 11.3. The molecule has 19 nitrogen and oxygen atoms in total. The minimum absolute atomic E-state index is 0.00330. The number of hydrogen-bond donors (Lipinski definition) is 5. The molecule has 5 aromatic rings. The lowest BCUT2D eigenvalue weighted by atomic mass is 9.99. The van der Waals surface area contributed by atoms with Gasteiger partial charge in [-0.15, -0.1) is 0 Å². The van der Waals surface area contributed by atoms with Gasteiger partial charge in [-0.25, -0.2) is 0 Å². The van der Waals surface area contributed by atoms with E-state index < -0.39 is 42.7 Å². The van der Waals surface area contributed by atoms with Gasteiger partial charge >= 0.3 is 5.97 Å². The number of unbranched alkanes of at least 4 members (excludes halogenated alkanes) is 1. The molecule has 382 valence electrons. The van der Waals surface area contributed by atoms with E-state index in [1.807, 2.05) is 59.5 Å². The first-order chi connectivity index (χ1) is 35.8. The topological polar surface area (TPSA) is 244 Å². The number of aliphatic imine (C=N–C) groups is 1. The van der Waals surface area contributed by atoms with Crippen LogP contribution in [0.4, 0.5) is 22.7 Å². The molecule has 0 saturated carbocycles. The Morgan fingerprint density at radius 1 is 0.622 bits per heavy atom. The number of benzene rings is 5. The fraction of sp³-hybridized carbons (Fsp3) is 0.309. The molecule has 0 bridgehead atoms. The maximum absolute atomic E-state index is 14.1. The first-order valence-electron chi connectivity index (χ1n) is 24.4. The number of hydrogen-bond acceptors (Lipinski definition) is 12. The highest BCUT2D eigenvalue weighted by molar-refractivity contribution is 6.15. The van der Waals surface area contributed by atoms with Crippen molar-refractivity contribution < 1.29 is 57.6 Å². The molecule has 5 N–H and O–H groups in total. The molecule has 74 heavy (non-hydrogen) atoms. The van der Waals surface area contributed by atoms with Crippen molar-refractivity contribution >= 4 is 70.4 Å². The molecule has 0 saturated heterocycles. The number of aryl methyl sites for hydroxylation is 1. The number of carbonyl (C=O) groups is 7. The normalized spacial score (nSPS) is 15.7. The Balaban J connectivity index is 0.889. The van der Waals surface area contributed by atoms with Crippen LogP contribution in [0.5, 0.6) is 23.0 Å². The summed E-state index contributed by atoms with van der Waals surface area (Å²) in [7, 11) is 3.00. The van der Waals surface area contributed by atoms with Gasteiger partial charge in [0.2, 0.25) is 23.6 Å². The van der Waals surface area contributed by atoms with Gasteiger partial charge in [0.1, 0.15) is 13.2 Å². The van der Waals surface area contributed by atoms with E-state index in [1.54, 1.807) is 41.4 Å². The number of nitrogens with zero attached hydrogens (tertiary/aromatic N) is 3. The molecule has 19 heteroatoms. The summed E-state index contributed by atoms with van der Waals surface area (Å²) in [5.74, 6) is -2.11. The average molecular weight is 1010 g/mol. The van der Waals surface area contributed by atoms with E-state index in [9.17, 15) is 33.6 Å². The summed E-state index contributed by atoms with van der Waals surface area (Å²) in [6, 6.07) is 27.7. The van der Waals surface area contributed by atoms with Crippen LogP contribution in [-0.2, 0) is 56.4 Å². The third-order valence-electron chi connectivity index (χ3n) is 13.3. The molecule has 4 aliphatic heterocycles. The van der Waals surface area contributed by atoms with E-state index in [0.29, 0.717) is 82.3 Å². The van der Waals surface area contributed by atoms with E-state index in [1.165, 1.54) is 14.2 Å². The van der Waals surface area contributed by atoms with Crippen molar-refractivity contribution in [1.82, 2.24) is 16.0 Å². The predicted molar refractivity (Wildman–Crippen MR) is 273 cm³/mol. The predicted octanol–water partition coefficient (Wildman–Crippen LogP) is 5.60. The Hall–Kier alpha value is -8.74. The Bertz CT molecular complexity index is 3080. The molecular weight excluding hydrogens is 951 g/mol. The van der Waals surface area contributed by atoms with Gasteiger partial charge < -0.3 is 50.2 Å². The molecule has 0 aromatic heterocycles. The van der Waals surface area contributed by atoms with Crippen LogP contribution in [0.25, 0.3) is 0 Å². The zero-order valence-electron chi connectivity index (χ0n) is 40.9. The molecule has 6 amide bonds. The minimum atomic E-state index is -0.956. The van der Waals surface area contributed by atoms with Gasteiger partial charge in [0, 0.05) is 60.2 Å². The summed E-state index contributed by atoms with van der Waals surface area (Å²) < 4.78 is 24.3. The maximum Gasteiger partial charge on any atom is 0.303 e. The van der Waals surface area contributed by atoms with Gasteiger partial charge in [-0.2, -0.15) is 0 Å². The zero-order valence-corrected chi connectivity index (χ0v) is 40.9. The molecule has 4 aliphatic rings. The van der Waals surface area contributed by atoms with Crippen LogP contribution >= 0.6 is 0 Å².